The molecule has 0 atom stereocenters. The second kappa shape index (κ2) is 5.10. The van der Waals surface area contributed by atoms with Gasteiger partial charge in [0.05, 0.1) is 11.4 Å². The molecule has 1 aromatic rings. The summed E-state index contributed by atoms with van der Waals surface area (Å²) in [5, 5.41) is 20.0. The molecule has 2 bridgehead atoms. The van der Waals surface area contributed by atoms with Crippen molar-refractivity contribution < 1.29 is 4.79 Å². The zero-order chi connectivity index (χ0) is 14.8. The Bertz CT molecular complexity index is 750. The molecule has 5 nitrogen and oxygen atoms in total. The van der Waals surface area contributed by atoms with Gasteiger partial charge in [-0.05, 0) is 17.7 Å². The maximum absolute atomic E-state index is 12.0. The third kappa shape index (κ3) is 2.23. The van der Waals surface area contributed by atoms with Gasteiger partial charge in [0.15, 0.2) is 0 Å². The summed E-state index contributed by atoms with van der Waals surface area (Å²) in [5.74, 6) is -0.462. The van der Waals surface area contributed by atoms with Crippen molar-refractivity contribution in [2.75, 3.05) is 0 Å². The lowest BCUT2D eigenvalue weighted by atomic mass is 10.0. The van der Waals surface area contributed by atoms with E-state index in [1.165, 1.54) is 0 Å². The van der Waals surface area contributed by atoms with E-state index in [-0.39, 0.29) is 11.3 Å². The van der Waals surface area contributed by atoms with Crippen molar-refractivity contribution in [3.05, 3.63) is 71.2 Å². The minimum Gasteiger partial charge on any atom is -0.341 e. The van der Waals surface area contributed by atoms with Gasteiger partial charge in [0.1, 0.15) is 17.4 Å². The Morgan fingerprint density at radius 1 is 1.29 bits per heavy atom. The molecule has 2 aliphatic heterocycles. The number of carbonyl (C=O) groups excluding carboxylic acids is 1. The van der Waals surface area contributed by atoms with E-state index < -0.39 is 5.91 Å². The Labute approximate surface area is 122 Å². The summed E-state index contributed by atoms with van der Waals surface area (Å²) in [6.45, 7) is 0.495. The normalized spacial score (nSPS) is 17.1. The van der Waals surface area contributed by atoms with Crippen molar-refractivity contribution >= 4 is 11.6 Å². The monoisotopic (exact) mass is 276 g/mol. The van der Waals surface area contributed by atoms with Gasteiger partial charge in [0, 0.05) is 12.7 Å². The van der Waals surface area contributed by atoms with Gasteiger partial charge < -0.3 is 10.2 Å². The fraction of sp³-hybridized carbons (Fsp3) is 0.0625. The first kappa shape index (κ1) is 12.9. The van der Waals surface area contributed by atoms with Crippen LogP contribution in [0.5, 0.6) is 0 Å². The molecule has 0 unspecified atom stereocenters. The second-order valence-corrected chi connectivity index (χ2v) is 4.70. The van der Waals surface area contributed by atoms with Crippen LogP contribution in [0.3, 0.4) is 0 Å². The molecule has 2 N–H and O–H groups in total. The molecule has 2 aliphatic rings. The lowest BCUT2D eigenvalue weighted by molar-refractivity contribution is -0.116. The van der Waals surface area contributed by atoms with Gasteiger partial charge in [-0.3, -0.25) is 10.2 Å². The number of fused-ring (bicyclic) bond motifs is 2. The third-order valence-corrected chi connectivity index (χ3v) is 3.34. The zero-order valence-corrected chi connectivity index (χ0v) is 11.1. The summed E-state index contributed by atoms with van der Waals surface area (Å²) >= 11 is 0. The van der Waals surface area contributed by atoms with Crippen LogP contribution in [0.15, 0.2) is 65.7 Å². The summed E-state index contributed by atoms with van der Waals surface area (Å²) < 4.78 is 0. The molecule has 21 heavy (non-hydrogen) atoms. The molecule has 0 spiro atoms. The molecule has 0 saturated heterocycles. The Morgan fingerprint density at radius 2 is 2.05 bits per heavy atom. The molecule has 1 amide bonds. The van der Waals surface area contributed by atoms with E-state index in [0.29, 0.717) is 17.9 Å². The topological polar surface area (TPSA) is 80.0 Å². The van der Waals surface area contributed by atoms with Crippen LogP contribution in [0.2, 0.25) is 0 Å². The van der Waals surface area contributed by atoms with Crippen LogP contribution < -0.4 is 5.32 Å². The van der Waals surface area contributed by atoms with Crippen molar-refractivity contribution in [3.63, 3.8) is 0 Å². The lowest BCUT2D eigenvalue weighted by Gasteiger charge is -2.27. The van der Waals surface area contributed by atoms with Crippen molar-refractivity contribution in [2.45, 2.75) is 6.54 Å². The number of nitrogens with zero attached hydrogens (tertiary/aromatic N) is 2. The average molecular weight is 276 g/mol. The number of benzene rings is 1. The van der Waals surface area contributed by atoms with Gasteiger partial charge in [-0.1, -0.05) is 30.3 Å². The molecule has 0 saturated carbocycles. The van der Waals surface area contributed by atoms with Gasteiger partial charge in [0.2, 0.25) is 0 Å². The maximum Gasteiger partial charge on any atom is 0.268 e. The summed E-state index contributed by atoms with van der Waals surface area (Å²) in [6.07, 6.45) is 5.21. The number of carbonyl (C=O) groups is 1. The van der Waals surface area contributed by atoms with Gasteiger partial charge >= 0.3 is 0 Å². The fourth-order valence-corrected chi connectivity index (χ4v) is 2.35. The Balaban J connectivity index is 2.07. The summed E-state index contributed by atoms with van der Waals surface area (Å²) in [5.41, 5.74) is 1.94. The number of amides is 1. The second-order valence-electron chi connectivity index (χ2n) is 4.70. The molecule has 5 heteroatoms. The number of hydrogen-bond donors (Lipinski definition) is 2. The van der Waals surface area contributed by atoms with Crippen molar-refractivity contribution in [2.24, 2.45) is 0 Å². The van der Waals surface area contributed by atoms with Crippen molar-refractivity contribution in [1.29, 1.82) is 10.7 Å². The number of nitriles is 1. The van der Waals surface area contributed by atoms with Crippen LogP contribution in [-0.2, 0) is 11.3 Å². The predicted octanol–water partition coefficient (Wildman–Crippen LogP) is 1.83. The van der Waals surface area contributed by atoms with E-state index in [2.05, 4.69) is 5.32 Å². The van der Waals surface area contributed by atoms with Crippen LogP contribution in [0, 0.1) is 16.7 Å². The van der Waals surface area contributed by atoms with Gasteiger partial charge in [-0.25, -0.2) is 0 Å². The SMILES string of the molecule is N#CC1=C2C(=N)C(=CC=CN2Cc2ccccc2)NC1=O. The zero-order valence-electron chi connectivity index (χ0n) is 11.1. The largest absolute Gasteiger partial charge is 0.341 e. The highest BCUT2D eigenvalue weighted by molar-refractivity contribution is 6.21. The first-order valence-electron chi connectivity index (χ1n) is 6.45. The highest BCUT2D eigenvalue weighted by atomic mass is 16.1. The molecule has 0 fully saturated rings. The van der Waals surface area contributed by atoms with E-state index in [1.54, 1.807) is 23.3 Å². The molecular weight excluding hydrogens is 264 g/mol. The van der Waals surface area contributed by atoms with E-state index in [1.807, 2.05) is 36.4 Å². The molecule has 0 radical (unpaired) electrons. The molecular formula is C16H12N4O. The Kier molecular flexibility index (Phi) is 3.13. The fourth-order valence-electron chi connectivity index (χ4n) is 2.35. The summed E-state index contributed by atoms with van der Waals surface area (Å²) in [7, 11) is 0. The number of allylic oxidation sites excluding steroid dienone is 2. The first-order chi connectivity index (χ1) is 10.2. The van der Waals surface area contributed by atoms with Gasteiger partial charge in [-0.15, -0.1) is 0 Å². The quantitative estimate of drug-likeness (QED) is 0.864. The average Bonchev–Trinajstić information content (AvgIpc) is 2.59. The third-order valence-electron chi connectivity index (χ3n) is 3.34. The van der Waals surface area contributed by atoms with Crippen molar-refractivity contribution in [3.8, 4) is 6.07 Å². The number of hydrogen-bond acceptors (Lipinski definition) is 4. The Morgan fingerprint density at radius 3 is 2.76 bits per heavy atom. The van der Waals surface area contributed by atoms with Crippen molar-refractivity contribution in [1.82, 2.24) is 10.2 Å². The predicted molar refractivity (Wildman–Crippen MR) is 77.7 cm³/mol. The standard InChI is InChI=1S/C16H12N4O/c17-9-12-15-14(18)13(19-16(12)21)7-4-8-20(15)10-11-5-2-1-3-6-11/h1-8,18H,10H2,(H,19,21). The van der Waals surface area contributed by atoms with Crippen LogP contribution in [0.25, 0.3) is 0 Å². The molecule has 1 aromatic carbocycles. The molecule has 0 aromatic heterocycles. The summed E-state index contributed by atoms with van der Waals surface area (Å²) in [6, 6.07) is 11.6. The smallest absolute Gasteiger partial charge is 0.268 e. The minimum absolute atomic E-state index is 0.0281. The van der Waals surface area contributed by atoms with E-state index >= 15 is 0 Å². The molecule has 3 rings (SSSR count). The Hall–Kier alpha value is -3.13. The highest BCUT2D eigenvalue weighted by Gasteiger charge is 2.31. The number of nitrogens with one attached hydrogen (secondary N) is 2. The summed E-state index contributed by atoms with van der Waals surface area (Å²) in [4.78, 5) is 13.7. The van der Waals surface area contributed by atoms with E-state index in [9.17, 15) is 10.1 Å². The lowest BCUT2D eigenvalue weighted by Crippen LogP contribution is -2.39. The number of rotatable bonds is 2. The van der Waals surface area contributed by atoms with Crippen LogP contribution in [0.4, 0.5) is 0 Å². The molecule has 0 aliphatic carbocycles. The molecule has 2 heterocycles. The van der Waals surface area contributed by atoms with Crippen LogP contribution >= 0.6 is 0 Å². The maximum atomic E-state index is 12.0. The first-order valence-corrected chi connectivity index (χ1v) is 6.45. The van der Waals surface area contributed by atoms with Gasteiger partial charge in [0.25, 0.3) is 5.91 Å². The highest BCUT2D eigenvalue weighted by Crippen LogP contribution is 2.25. The van der Waals surface area contributed by atoms with Gasteiger partial charge in [-0.2, -0.15) is 5.26 Å². The van der Waals surface area contributed by atoms with E-state index in [0.717, 1.165) is 5.56 Å². The van der Waals surface area contributed by atoms with E-state index in [4.69, 9.17) is 5.41 Å². The minimum atomic E-state index is -0.462. The van der Waals surface area contributed by atoms with Crippen LogP contribution in [-0.4, -0.2) is 16.5 Å². The van der Waals surface area contributed by atoms with Crippen LogP contribution in [0.1, 0.15) is 5.56 Å². The molecule has 102 valence electrons.